The molecule has 4 nitrogen and oxygen atoms in total. The van der Waals surface area contributed by atoms with Crippen molar-refractivity contribution >= 4 is 39.6 Å². The van der Waals surface area contributed by atoms with Crippen LogP contribution in [-0.4, -0.2) is 40.7 Å². The molecular formula is C17H20BrNO3S. The van der Waals surface area contributed by atoms with Crippen LogP contribution in [0.2, 0.25) is 0 Å². The van der Waals surface area contributed by atoms with Crippen molar-refractivity contribution < 1.29 is 14.7 Å². The highest BCUT2D eigenvalue weighted by atomic mass is 79.9. The summed E-state index contributed by atoms with van der Waals surface area (Å²) in [5, 5.41) is 9.10. The average Bonchev–Trinajstić information content (AvgIpc) is 3.24. The van der Waals surface area contributed by atoms with E-state index in [4.69, 9.17) is 5.11 Å². The number of carbonyl (C=O) groups is 2. The molecule has 1 aromatic rings. The second-order valence-corrected chi connectivity index (χ2v) is 8.47. The van der Waals surface area contributed by atoms with Crippen LogP contribution in [0.25, 0.3) is 0 Å². The number of hydrogen-bond acceptors (Lipinski definition) is 3. The van der Waals surface area contributed by atoms with Crippen LogP contribution in [-0.2, 0) is 9.59 Å². The summed E-state index contributed by atoms with van der Waals surface area (Å²) in [6, 6.07) is 8.09. The van der Waals surface area contributed by atoms with Crippen molar-refractivity contribution in [3.63, 3.8) is 0 Å². The van der Waals surface area contributed by atoms with Gasteiger partial charge in [0, 0.05) is 34.6 Å². The summed E-state index contributed by atoms with van der Waals surface area (Å²) >= 11 is 5.10. The Morgan fingerprint density at radius 2 is 1.91 bits per heavy atom. The number of carboxylic acid groups (broad SMARTS) is 1. The van der Waals surface area contributed by atoms with Crippen molar-refractivity contribution in [3.05, 3.63) is 28.7 Å². The van der Waals surface area contributed by atoms with Crippen molar-refractivity contribution in [1.29, 1.82) is 0 Å². The minimum Gasteiger partial charge on any atom is -0.481 e. The molecule has 1 spiro atoms. The molecule has 3 rings (SSSR count). The Morgan fingerprint density at radius 1 is 1.26 bits per heavy atom. The average molecular weight is 398 g/mol. The van der Waals surface area contributed by atoms with Gasteiger partial charge < -0.3 is 10.0 Å². The lowest BCUT2D eigenvalue weighted by Gasteiger charge is -2.32. The Bertz CT molecular complexity index is 596. The number of piperidine rings is 1. The largest absolute Gasteiger partial charge is 0.481 e. The van der Waals surface area contributed by atoms with Gasteiger partial charge in [-0.25, -0.2) is 0 Å². The maximum Gasteiger partial charge on any atom is 0.307 e. The number of halogens is 1. The number of likely N-dealkylation sites (tertiary alicyclic amines) is 1. The standard InChI is InChI=1S/C17H20BrNO3S/c18-12-1-3-13(4-2-12)23-10-5-15(20)19-8-6-17(7-9-19)11-14(17)16(21)22/h1-4,14H,5-11H2,(H,21,22). The summed E-state index contributed by atoms with van der Waals surface area (Å²) in [6.07, 6.45) is 3.02. The molecule has 0 bridgehead atoms. The van der Waals surface area contributed by atoms with Gasteiger partial charge in [0.25, 0.3) is 0 Å². The van der Waals surface area contributed by atoms with Crippen LogP contribution in [0, 0.1) is 11.3 Å². The molecule has 1 N–H and O–H groups in total. The van der Waals surface area contributed by atoms with E-state index in [2.05, 4.69) is 15.9 Å². The molecule has 1 saturated heterocycles. The lowest BCUT2D eigenvalue weighted by molar-refractivity contribution is -0.139. The van der Waals surface area contributed by atoms with E-state index in [9.17, 15) is 9.59 Å². The van der Waals surface area contributed by atoms with Crippen LogP contribution in [0.3, 0.4) is 0 Å². The molecule has 6 heteroatoms. The summed E-state index contributed by atoms with van der Waals surface area (Å²) in [4.78, 5) is 26.4. The number of nitrogens with zero attached hydrogens (tertiary/aromatic N) is 1. The van der Waals surface area contributed by atoms with Crippen LogP contribution in [0.4, 0.5) is 0 Å². The smallest absolute Gasteiger partial charge is 0.307 e. The molecule has 1 aliphatic heterocycles. The van der Waals surface area contributed by atoms with Gasteiger partial charge in [0.15, 0.2) is 0 Å². The van der Waals surface area contributed by atoms with Gasteiger partial charge in [-0.05, 0) is 48.9 Å². The zero-order valence-electron chi connectivity index (χ0n) is 12.8. The van der Waals surface area contributed by atoms with Gasteiger partial charge in [0.05, 0.1) is 5.92 Å². The molecule has 1 amide bonds. The van der Waals surface area contributed by atoms with Crippen LogP contribution in [0.15, 0.2) is 33.6 Å². The summed E-state index contributed by atoms with van der Waals surface area (Å²) in [5.74, 6) is 0.125. The highest BCUT2D eigenvalue weighted by Gasteiger charge is 2.59. The number of thioether (sulfide) groups is 1. The van der Waals surface area contributed by atoms with E-state index in [1.54, 1.807) is 11.8 Å². The first kappa shape index (κ1) is 16.8. The van der Waals surface area contributed by atoms with E-state index in [1.807, 2.05) is 29.2 Å². The topological polar surface area (TPSA) is 57.6 Å². The third-order valence-corrected chi connectivity index (χ3v) is 6.54. The minimum absolute atomic E-state index is 0.00517. The van der Waals surface area contributed by atoms with E-state index in [-0.39, 0.29) is 17.2 Å². The van der Waals surface area contributed by atoms with Gasteiger partial charge >= 0.3 is 5.97 Å². The highest BCUT2D eigenvalue weighted by molar-refractivity contribution is 9.10. The number of hydrogen-bond donors (Lipinski definition) is 1. The maximum atomic E-state index is 12.3. The number of carbonyl (C=O) groups excluding carboxylic acids is 1. The van der Waals surface area contributed by atoms with Gasteiger partial charge in [-0.2, -0.15) is 0 Å². The Labute approximate surface area is 148 Å². The van der Waals surface area contributed by atoms with Crippen LogP contribution in [0.1, 0.15) is 25.7 Å². The van der Waals surface area contributed by atoms with E-state index in [0.717, 1.165) is 29.5 Å². The fourth-order valence-corrected chi connectivity index (χ4v) is 4.50. The van der Waals surface area contributed by atoms with Gasteiger partial charge in [0.1, 0.15) is 0 Å². The molecule has 1 aromatic carbocycles. The first-order valence-electron chi connectivity index (χ1n) is 7.89. The number of benzene rings is 1. The molecule has 0 aromatic heterocycles. The Kier molecular flexibility index (Phi) is 5.01. The molecule has 1 saturated carbocycles. The lowest BCUT2D eigenvalue weighted by atomic mass is 9.90. The van der Waals surface area contributed by atoms with Gasteiger partial charge in [-0.3, -0.25) is 9.59 Å². The summed E-state index contributed by atoms with van der Waals surface area (Å²) in [7, 11) is 0. The monoisotopic (exact) mass is 397 g/mol. The predicted molar refractivity (Wildman–Crippen MR) is 93.5 cm³/mol. The zero-order valence-corrected chi connectivity index (χ0v) is 15.2. The fraction of sp³-hybridized carbons (Fsp3) is 0.529. The molecule has 23 heavy (non-hydrogen) atoms. The quantitative estimate of drug-likeness (QED) is 0.770. The molecule has 1 heterocycles. The third kappa shape index (κ3) is 3.91. The number of rotatable bonds is 5. The van der Waals surface area contributed by atoms with Crippen LogP contribution >= 0.6 is 27.7 Å². The Hall–Kier alpha value is -1.01. The lowest BCUT2D eigenvalue weighted by Crippen LogP contribution is -2.40. The Morgan fingerprint density at radius 3 is 2.48 bits per heavy atom. The fourth-order valence-electron chi connectivity index (χ4n) is 3.40. The normalized spacial score (nSPS) is 22.1. The zero-order chi connectivity index (χ0) is 16.4. The molecule has 1 aliphatic carbocycles. The molecule has 0 radical (unpaired) electrons. The highest BCUT2D eigenvalue weighted by Crippen LogP contribution is 2.59. The van der Waals surface area contributed by atoms with Crippen LogP contribution in [0.5, 0.6) is 0 Å². The number of amides is 1. The van der Waals surface area contributed by atoms with E-state index in [0.29, 0.717) is 19.5 Å². The van der Waals surface area contributed by atoms with Crippen molar-refractivity contribution in [1.82, 2.24) is 4.90 Å². The predicted octanol–water partition coefficient (Wildman–Crippen LogP) is 3.64. The van der Waals surface area contributed by atoms with Crippen molar-refractivity contribution in [3.8, 4) is 0 Å². The first-order chi connectivity index (χ1) is 11.0. The van der Waals surface area contributed by atoms with Gasteiger partial charge in [-0.15, -0.1) is 11.8 Å². The van der Waals surface area contributed by atoms with Gasteiger partial charge in [0.2, 0.25) is 5.91 Å². The van der Waals surface area contributed by atoms with E-state index < -0.39 is 5.97 Å². The number of carboxylic acids is 1. The molecule has 124 valence electrons. The molecule has 1 unspecified atom stereocenters. The van der Waals surface area contributed by atoms with E-state index in [1.165, 1.54) is 4.90 Å². The second kappa shape index (κ2) is 6.85. The summed E-state index contributed by atoms with van der Waals surface area (Å²) in [6.45, 7) is 1.43. The number of aliphatic carboxylic acids is 1. The Balaban J connectivity index is 1.40. The molecule has 1 atom stereocenters. The summed E-state index contributed by atoms with van der Waals surface area (Å²) < 4.78 is 1.06. The molecular weight excluding hydrogens is 378 g/mol. The molecule has 2 fully saturated rings. The summed E-state index contributed by atoms with van der Waals surface area (Å²) in [5.41, 5.74) is -0.00517. The van der Waals surface area contributed by atoms with Crippen molar-refractivity contribution in [2.24, 2.45) is 11.3 Å². The maximum absolute atomic E-state index is 12.3. The van der Waals surface area contributed by atoms with E-state index >= 15 is 0 Å². The first-order valence-corrected chi connectivity index (χ1v) is 9.67. The van der Waals surface area contributed by atoms with Crippen molar-refractivity contribution in [2.45, 2.75) is 30.6 Å². The minimum atomic E-state index is -0.671. The SMILES string of the molecule is O=C(O)C1CC12CCN(C(=O)CCSc1ccc(Br)cc1)CC2. The third-order valence-electron chi connectivity index (χ3n) is 5.00. The van der Waals surface area contributed by atoms with Crippen molar-refractivity contribution in [2.75, 3.05) is 18.8 Å². The van der Waals surface area contributed by atoms with Crippen LogP contribution < -0.4 is 0 Å². The van der Waals surface area contributed by atoms with Gasteiger partial charge in [-0.1, -0.05) is 15.9 Å². The molecule has 2 aliphatic rings. The second-order valence-electron chi connectivity index (χ2n) is 6.39.